The summed E-state index contributed by atoms with van der Waals surface area (Å²) in [5.74, 6) is 0. The van der Waals surface area contributed by atoms with E-state index in [2.05, 4.69) is 105 Å². The van der Waals surface area contributed by atoms with Crippen LogP contribution < -0.4 is 0 Å². The van der Waals surface area contributed by atoms with Gasteiger partial charge in [0, 0.05) is 0 Å². The summed E-state index contributed by atoms with van der Waals surface area (Å²) < 4.78 is 0. The number of carbonyl (C=O) groups is 1. The molecule has 158 valence electrons. The Morgan fingerprint density at radius 1 is 0.594 bits per heavy atom. The molecule has 4 rings (SSSR count). The highest BCUT2D eigenvalue weighted by atomic mass is 28.3. The summed E-state index contributed by atoms with van der Waals surface area (Å²) in [4.78, 5) is 12.8. The zero-order chi connectivity index (χ0) is 22.6. The van der Waals surface area contributed by atoms with Crippen molar-refractivity contribution in [2.24, 2.45) is 0 Å². The van der Waals surface area contributed by atoms with Crippen LogP contribution in [0.4, 0.5) is 0 Å². The van der Waals surface area contributed by atoms with Crippen molar-refractivity contribution in [3.8, 4) is 33.4 Å². The first-order chi connectivity index (χ1) is 15.4. The van der Waals surface area contributed by atoms with E-state index in [1.165, 1.54) is 5.56 Å². The summed E-state index contributed by atoms with van der Waals surface area (Å²) in [6, 6.07) is 35.8. The monoisotopic (exact) mass is 432 g/mol. The maximum atomic E-state index is 12.8. The summed E-state index contributed by atoms with van der Waals surface area (Å²) in [6.07, 6.45) is 3.82. The van der Waals surface area contributed by atoms with Crippen molar-refractivity contribution in [1.82, 2.24) is 0 Å². The molecule has 4 aromatic rings. The molecule has 2 heteroatoms. The molecule has 0 atom stereocenters. The van der Waals surface area contributed by atoms with E-state index in [9.17, 15) is 4.79 Å². The van der Waals surface area contributed by atoms with Crippen LogP contribution >= 0.6 is 0 Å². The van der Waals surface area contributed by atoms with E-state index in [1.54, 1.807) is 6.08 Å². The number of carbonyl (C=O) groups excluding carboxylic acids is 1. The molecule has 0 aliphatic heterocycles. The fourth-order valence-corrected chi connectivity index (χ4v) is 4.34. The summed E-state index contributed by atoms with van der Waals surface area (Å²) >= 11 is 0. The smallest absolute Gasteiger partial charge is 0.132 e. The van der Waals surface area contributed by atoms with Gasteiger partial charge in [-0.05, 0) is 57.2 Å². The van der Waals surface area contributed by atoms with Gasteiger partial charge in [-0.2, -0.15) is 0 Å². The molecule has 0 bridgehead atoms. The molecule has 0 saturated carbocycles. The molecule has 0 saturated heterocycles. The summed E-state index contributed by atoms with van der Waals surface area (Å²) in [6.45, 7) is 6.27. The first-order valence-electron chi connectivity index (χ1n) is 11.0. The third kappa shape index (κ3) is 4.87. The maximum absolute atomic E-state index is 12.8. The van der Waals surface area contributed by atoms with Crippen LogP contribution in [-0.4, -0.2) is 13.5 Å². The number of hydrogen-bond acceptors (Lipinski definition) is 1. The first kappa shape index (κ1) is 21.7. The van der Waals surface area contributed by atoms with Gasteiger partial charge in [0.05, 0.1) is 0 Å². The van der Waals surface area contributed by atoms with Crippen molar-refractivity contribution in [2.75, 3.05) is 0 Å². The molecule has 0 radical (unpaired) electrons. The van der Waals surface area contributed by atoms with Gasteiger partial charge in [0.2, 0.25) is 0 Å². The van der Waals surface area contributed by atoms with Crippen molar-refractivity contribution >= 4 is 19.6 Å². The van der Waals surface area contributed by atoms with Crippen molar-refractivity contribution in [1.29, 1.82) is 0 Å². The Balaban J connectivity index is 2.01. The summed E-state index contributed by atoms with van der Waals surface area (Å²) in [5.41, 5.74) is 7.96. The molecule has 0 fully saturated rings. The molecule has 0 unspecified atom stereocenters. The van der Waals surface area contributed by atoms with Gasteiger partial charge in [0.15, 0.2) is 0 Å². The molecule has 0 N–H and O–H groups in total. The van der Waals surface area contributed by atoms with E-state index in [-0.39, 0.29) is 5.41 Å². The molecular formula is C30H28OSi. The van der Waals surface area contributed by atoms with Crippen LogP contribution in [0.5, 0.6) is 0 Å². The van der Waals surface area contributed by atoms with E-state index < -0.39 is 8.07 Å². The normalized spacial score (nSPS) is 11.6. The second kappa shape index (κ2) is 9.33. The average Bonchev–Trinajstić information content (AvgIpc) is 2.83. The second-order valence-electron chi connectivity index (χ2n) is 9.03. The third-order valence-corrected chi connectivity index (χ3v) is 7.24. The lowest BCUT2D eigenvalue weighted by Gasteiger charge is -2.17. The SMILES string of the molecule is C[Si](C)(C)C(=O)/C=C\c1c(-c2ccccc2)cc(-c2ccccc2)cc1-c1ccccc1. The summed E-state index contributed by atoms with van der Waals surface area (Å²) in [5, 5.41) is 0.252. The molecular weight excluding hydrogens is 404 g/mol. The second-order valence-corrected chi connectivity index (χ2v) is 14.0. The lowest BCUT2D eigenvalue weighted by atomic mass is 9.87. The quantitative estimate of drug-likeness (QED) is 0.222. The third-order valence-electron chi connectivity index (χ3n) is 5.60. The van der Waals surface area contributed by atoms with Crippen LogP contribution in [0.25, 0.3) is 39.5 Å². The van der Waals surface area contributed by atoms with E-state index in [0.29, 0.717) is 0 Å². The minimum absolute atomic E-state index is 0.252. The van der Waals surface area contributed by atoms with Crippen molar-refractivity contribution in [3.63, 3.8) is 0 Å². The fraction of sp³-hybridized carbons (Fsp3) is 0.100. The maximum Gasteiger partial charge on any atom is 0.132 e. The van der Waals surface area contributed by atoms with Gasteiger partial charge in [-0.15, -0.1) is 0 Å². The molecule has 0 aliphatic rings. The lowest BCUT2D eigenvalue weighted by Crippen LogP contribution is -2.31. The van der Waals surface area contributed by atoms with Crippen molar-refractivity contribution < 1.29 is 4.79 Å². The molecule has 1 nitrogen and oxygen atoms in total. The van der Waals surface area contributed by atoms with Gasteiger partial charge < -0.3 is 4.79 Å². The van der Waals surface area contributed by atoms with E-state index in [4.69, 9.17) is 0 Å². The minimum Gasteiger partial charge on any atom is -0.301 e. The zero-order valence-electron chi connectivity index (χ0n) is 18.9. The Labute approximate surface area is 192 Å². The van der Waals surface area contributed by atoms with Gasteiger partial charge in [-0.25, -0.2) is 0 Å². The van der Waals surface area contributed by atoms with Crippen molar-refractivity contribution in [3.05, 3.63) is 115 Å². The van der Waals surface area contributed by atoms with Gasteiger partial charge in [-0.1, -0.05) is 117 Å². The Kier molecular flexibility index (Phi) is 6.34. The highest BCUT2D eigenvalue weighted by Gasteiger charge is 2.22. The Morgan fingerprint density at radius 2 is 1.00 bits per heavy atom. The van der Waals surface area contributed by atoms with Crippen LogP contribution in [0.2, 0.25) is 19.6 Å². The Bertz CT molecular complexity index is 1170. The fourth-order valence-electron chi connectivity index (χ4n) is 3.75. The van der Waals surface area contributed by atoms with Gasteiger partial charge in [0.25, 0.3) is 0 Å². The molecule has 32 heavy (non-hydrogen) atoms. The Morgan fingerprint density at radius 3 is 1.41 bits per heavy atom. The highest BCUT2D eigenvalue weighted by molar-refractivity contribution is 7.05. The highest BCUT2D eigenvalue weighted by Crippen LogP contribution is 2.38. The van der Waals surface area contributed by atoms with Crippen LogP contribution in [0.1, 0.15) is 5.56 Å². The van der Waals surface area contributed by atoms with E-state index in [1.807, 2.05) is 24.3 Å². The van der Waals surface area contributed by atoms with Gasteiger partial charge in [0.1, 0.15) is 13.5 Å². The standard InChI is InChI=1S/C30H28OSi/c1-32(2,3)30(31)20-19-27-28(24-15-9-5-10-16-24)21-26(23-13-7-4-8-14-23)22-29(27)25-17-11-6-12-18-25/h4-22H,1-3H3/b20-19-. The number of rotatable bonds is 6. The molecule has 4 aromatic carbocycles. The molecule has 0 spiro atoms. The van der Waals surface area contributed by atoms with Crippen molar-refractivity contribution in [2.45, 2.75) is 19.6 Å². The number of allylic oxidation sites excluding steroid dienone is 1. The van der Waals surface area contributed by atoms with Crippen LogP contribution in [0.15, 0.2) is 109 Å². The van der Waals surface area contributed by atoms with E-state index >= 15 is 0 Å². The molecule has 0 amide bonds. The predicted octanol–water partition coefficient (Wildman–Crippen LogP) is 8.15. The van der Waals surface area contributed by atoms with E-state index in [0.717, 1.165) is 33.4 Å². The number of hydrogen-bond donors (Lipinski definition) is 0. The van der Waals surface area contributed by atoms with Crippen LogP contribution in [-0.2, 0) is 4.79 Å². The first-order valence-corrected chi connectivity index (χ1v) is 14.5. The number of benzene rings is 4. The average molecular weight is 433 g/mol. The van der Waals surface area contributed by atoms with Crippen LogP contribution in [0, 0.1) is 0 Å². The molecule has 0 heterocycles. The summed E-state index contributed by atoms with van der Waals surface area (Å²) in [7, 11) is -1.90. The lowest BCUT2D eigenvalue weighted by molar-refractivity contribution is -0.108. The predicted molar refractivity (Wildman–Crippen MR) is 140 cm³/mol. The minimum atomic E-state index is -1.90. The molecule has 0 aliphatic carbocycles. The Hall–Kier alpha value is -3.49. The molecule has 0 aromatic heterocycles. The topological polar surface area (TPSA) is 17.1 Å². The van der Waals surface area contributed by atoms with Crippen LogP contribution in [0.3, 0.4) is 0 Å². The zero-order valence-corrected chi connectivity index (χ0v) is 19.9. The largest absolute Gasteiger partial charge is 0.301 e. The van der Waals surface area contributed by atoms with Gasteiger partial charge in [-0.3, -0.25) is 0 Å². The van der Waals surface area contributed by atoms with Gasteiger partial charge >= 0.3 is 0 Å².